The number of benzene rings is 1. The molecule has 0 saturated carbocycles. The number of likely N-dealkylation sites (N-methyl/N-ethyl adjacent to an activating group) is 1. The third kappa shape index (κ3) is 5.71. The van der Waals surface area contributed by atoms with Crippen molar-refractivity contribution in [3.63, 3.8) is 0 Å². The second kappa shape index (κ2) is 8.09. The van der Waals surface area contributed by atoms with Crippen LogP contribution in [0.25, 0.3) is 0 Å². The van der Waals surface area contributed by atoms with Gasteiger partial charge in [-0.05, 0) is 24.1 Å². The van der Waals surface area contributed by atoms with Crippen molar-refractivity contribution in [3.8, 4) is 0 Å². The van der Waals surface area contributed by atoms with Gasteiger partial charge >= 0.3 is 0 Å². The van der Waals surface area contributed by atoms with E-state index >= 15 is 0 Å². The summed E-state index contributed by atoms with van der Waals surface area (Å²) in [5, 5.41) is 5.66. The van der Waals surface area contributed by atoms with Crippen LogP contribution in [0, 0.1) is 0 Å². The molecule has 3 nitrogen and oxygen atoms in total. The molecule has 96 valence electrons. The van der Waals surface area contributed by atoms with Gasteiger partial charge in [-0.1, -0.05) is 38.1 Å². The Hall–Kier alpha value is -1.06. The third-order valence-electron chi connectivity index (χ3n) is 2.47. The molecule has 1 aromatic carbocycles. The second-order valence-corrected chi connectivity index (χ2v) is 4.20. The summed E-state index contributed by atoms with van der Waals surface area (Å²) in [5.41, 5.74) is 2.46. The highest BCUT2D eigenvalue weighted by Gasteiger charge is 2.01. The molecule has 1 rings (SSSR count). The molecule has 0 aliphatic heterocycles. The van der Waals surface area contributed by atoms with Gasteiger partial charge in [0.25, 0.3) is 0 Å². The van der Waals surface area contributed by atoms with Gasteiger partial charge in [-0.15, -0.1) is 12.4 Å². The first-order chi connectivity index (χ1) is 7.63. The Labute approximate surface area is 109 Å². The highest BCUT2D eigenvalue weighted by molar-refractivity contribution is 5.85. The molecule has 4 heteroatoms. The molecule has 0 atom stereocenters. The van der Waals surface area contributed by atoms with E-state index in [1.54, 1.807) is 7.05 Å². The second-order valence-electron chi connectivity index (χ2n) is 4.20. The van der Waals surface area contributed by atoms with Crippen LogP contribution in [0.15, 0.2) is 24.3 Å². The molecule has 2 N–H and O–H groups in total. The lowest BCUT2D eigenvalue weighted by Crippen LogP contribution is -2.31. The van der Waals surface area contributed by atoms with Crippen LogP contribution < -0.4 is 10.6 Å². The van der Waals surface area contributed by atoms with Crippen LogP contribution in [0.3, 0.4) is 0 Å². The van der Waals surface area contributed by atoms with Crippen LogP contribution in [0.5, 0.6) is 0 Å². The van der Waals surface area contributed by atoms with Crippen molar-refractivity contribution < 1.29 is 4.79 Å². The first-order valence-corrected chi connectivity index (χ1v) is 5.63. The number of rotatable bonds is 5. The summed E-state index contributed by atoms with van der Waals surface area (Å²) in [7, 11) is 1.76. The van der Waals surface area contributed by atoms with Crippen molar-refractivity contribution in [2.45, 2.75) is 26.3 Å². The Balaban J connectivity index is 0.00000256. The Bertz CT molecular complexity index is 336. The number of carbonyl (C=O) groups is 1. The molecule has 0 unspecified atom stereocenters. The molecule has 0 fully saturated rings. The lowest BCUT2D eigenvalue weighted by Gasteiger charge is -2.08. The fourth-order valence-electron chi connectivity index (χ4n) is 1.44. The normalized spacial score (nSPS) is 9.88. The zero-order valence-electron chi connectivity index (χ0n) is 10.6. The summed E-state index contributed by atoms with van der Waals surface area (Å²) < 4.78 is 0. The maximum atomic E-state index is 11.2. The van der Waals surface area contributed by atoms with Crippen molar-refractivity contribution >= 4 is 18.3 Å². The summed E-state index contributed by atoms with van der Waals surface area (Å²) in [4.78, 5) is 11.2. The first-order valence-electron chi connectivity index (χ1n) is 5.63. The quantitative estimate of drug-likeness (QED) is 0.847. The van der Waals surface area contributed by atoms with Gasteiger partial charge in [0.15, 0.2) is 0 Å². The number of halogens is 1. The Kier molecular flexibility index (Phi) is 7.59. The molecule has 1 aromatic rings. The van der Waals surface area contributed by atoms with E-state index in [0.29, 0.717) is 19.0 Å². The number of nitrogens with one attached hydrogen (secondary N) is 2. The SMILES string of the molecule is CNCC(=O)NCc1ccc(C(C)C)cc1.Cl. The average molecular weight is 257 g/mol. The van der Waals surface area contributed by atoms with Gasteiger partial charge in [0, 0.05) is 6.54 Å². The summed E-state index contributed by atoms with van der Waals surface area (Å²) in [6.07, 6.45) is 0. The van der Waals surface area contributed by atoms with Gasteiger partial charge in [0.1, 0.15) is 0 Å². The molecule has 0 aliphatic rings. The van der Waals surface area contributed by atoms with Crippen LogP contribution in [0.1, 0.15) is 30.9 Å². The fraction of sp³-hybridized carbons (Fsp3) is 0.462. The third-order valence-corrected chi connectivity index (χ3v) is 2.47. The van der Waals surface area contributed by atoms with Crippen LogP contribution in [0.4, 0.5) is 0 Å². The minimum absolute atomic E-state index is 0. The molecular formula is C13H21ClN2O. The van der Waals surface area contributed by atoms with E-state index in [9.17, 15) is 4.79 Å². The van der Waals surface area contributed by atoms with Crippen molar-refractivity contribution in [2.75, 3.05) is 13.6 Å². The maximum absolute atomic E-state index is 11.2. The monoisotopic (exact) mass is 256 g/mol. The van der Waals surface area contributed by atoms with Gasteiger partial charge in [-0.3, -0.25) is 4.79 Å². The Morgan fingerprint density at radius 3 is 2.29 bits per heavy atom. The molecule has 0 heterocycles. The van der Waals surface area contributed by atoms with E-state index < -0.39 is 0 Å². The molecule has 0 saturated heterocycles. The number of carbonyl (C=O) groups excluding carboxylic acids is 1. The first kappa shape index (κ1) is 15.9. The highest BCUT2D eigenvalue weighted by atomic mass is 35.5. The van der Waals surface area contributed by atoms with E-state index in [0.717, 1.165) is 5.56 Å². The average Bonchev–Trinajstić information content (AvgIpc) is 2.27. The smallest absolute Gasteiger partial charge is 0.234 e. The van der Waals surface area contributed by atoms with Gasteiger partial charge in [-0.2, -0.15) is 0 Å². The predicted octanol–water partition coefficient (Wildman–Crippen LogP) is 2.07. The van der Waals surface area contributed by atoms with E-state index in [2.05, 4.69) is 48.7 Å². The van der Waals surface area contributed by atoms with Crippen LogP contribution in [0.2, 0.25) is 0 Å². The summed E-state index contributed by atoms with van der Waals surface area (Å²) in [6, 6.07) is 8.36. The molecule has 1 amide bonds. The zero-order valence-corrected chi connectivity index (χ0v) is 11.4. The summed E-state index contributed by atoms with van der Waals surface area (Å²) in [6.45, 7) is 5.30. The Morgan fingerprint density at radius 1 is 1.24 bits per heavy atom. The van der Waals surface area contributed by atoms with Crippen molar-refractivity contribution in [1.29, 1.82) is 0 Å². The molecule has 0 aliphatic carbocycles. The fourth-order valence-corrected chi connectivity index (χ4v) is 1.44. The maximum Gasteiger partial charge on any atom is 0.234 e. The van der Waals surface area contributed by atoms with Crippen molar-refractivity contribution in [3.05, 3.63) is 35.4 Å². The zero-order chi connectivity index (χ0) is 12.0. The van der Waals surface area contributed by atoms with Crippen LogP contribution >= 0.6 is 12.4 Å². The van der Waals surface area contributed by atoms with Crippen molar-refractivity contribution in [1.82, 2.24) is 10.6 Å². The number of amides is 1. The lowest BCUT2D eigenvalue weighted by atomic mass is 10.0. The molecule has 17 heavy (non-hydrogen) atoms. The van der Waals surface area contributed by atoms with Gasteiger partial charge in [0.05, 0.1) is 6.54 Å². The summed E-state index contributed by atoms with van der Waals surface area (Å²) >= 11 is 0. The minimum Gasteiger partial charge on any atom is -0.351 e. The van der Waals surface area contributed by atoms with Gasteiger partial charge in [0.2, 0.25) is 5.91 Å². The number of hydrogen-bond donors (Lipinski definition) is 2. The molecule has 0 spiro atoms. The van der Waals surface area contributed by atoms with E-state index in [-0.39, 0.29) is 18.3 Å². The molecule has 0 radical (unpaired) electrons. The van der Waals surface area contributed by atoms with Gasteiger partial charge < -0.3 is 10.6 Å². The molecular weight excluding hydrogens is 236 g/mol. The molecule has 0 aromatic heterocycles. The summed E-state index contributed by atoms with van der Waals surface area (Å²) in [5.74, 6) is 0.573. The Morgan fingerprint density at radius 2 is 1.82 bits per heavy atom. The minimum atomic E-state index is 0. The topological polar surface area (TPSA) is 41.1 Å². The van der Waals surface area contributed by atoms with Crippen LogP contribution in [-0.2, 0) is 11.3 Å². The lowest BCUT2D eigenvalue weighted by molar-refractivity contribution is -0.120. The molecule has 0 bridgehead atoms. The van der Waals surface area contributed by atoms with Crippen LogP contribution in [-0.4, -0.2) is 19.5 Å². The van der Waals surface area contributed by atoms with Crippen molar-refractivity contribution in [2.24, 2.45) is 0 Å². The van der Waals surface area contributed by atoms with E-state index in [1.807, 2.05) is 0 Å². The number of hydrogen-bond acceptors (Lipinski definition) is 2. The van der Waals surface area contributed by atoms with Gasteiger partial charge in [-0.25, -0.2) is 0 Å². The predicted molar refractivity (Wildman–Crippen MR) is 73.6 cm³/mol. The van der Waals surface area contributed by atoms with E-state index in [1.165, 1.54) is 5.56 Å². The standard InChI is InChI=1S/C13H20N2O.ClH/c1-10(2)12-6-4-11(5-7-12)8-15-13(16)9-14-3;/h4-7,10,14H,8-9H2,1-3H3,(H,15,16);1H. The van der Waals surface area contributed by atoms with E-state index in [4.69, 9.17) is 0 Å². The largest absolute Gasteiger partial charge is 0.351 e. The highest BCUT2D eigenvalue weighted by Crippen LogP contribution is 2.14.